The van der Waals surface area contributed by atoms with Crippen LogP contribution in [0.1, 0.15) is 6.23 Å². The summed E-state index contributed by atoms with van der Waals surface area (Å²) in [6.45, 7) is -0.461. The first-order valence-corrected chi connectivity index (χ1v) is 17.4. The number of hydrogen-bond donors (Lipinski definition) is 8. The number of aliphatic hydroxyl groups excluding tert-OH is 3. The molecule has 1 fully saturated rings. The number of nitrogens with zero attached hydrogens (tertiary/aromatic N) is 11. The van der Waals surface area contributed by atoms with Gasteiger partial charge in [0.1, 0.15) is 18.3 Å². The molecule has 0 amide bonds. The predicted octanol–water partition coefficient (Wildman–Crippen LogP) is -6.67. The van der Waals surface area contributed by atoms with Gasteiger partial charge in [-0.2, -0.15) is 0 Å². The van der Waals surface area contributed by atoms with E-state index in [9.17, 15) is 48.6 Å². The third-order valence-corrected chi connectivity index (χ3v) is 9.50. The first-order valence-electron chi connectivity index (χ1n) is 17.4. The summed E-state index contributed by atoms with van der Waals surface area (Å²) >= 11 is 0. The zero-order valence-corrected chi connectivity index (χ0v) is 32.8. The maximum atomic E-state index is 11.8. The Hall–Kier alpha value is -7.56. The van der Waals surface area contributed by atoms with Gasteiger partial charge in [-0.25, -0.2) is 43.7 Å². The van der Waals surface area contributed by atoms with Crippen molar-refractivity contribution in [3.8, 4) is 0 Å². The SMILES string of the molecule is Cn1c(=O)c2c(ncn2C)n(C)c1=O.Cn1c[n+]([C@@H]2O[C@H](CO)[C@@H](O)[C@H]2O)c2[nH]c(=O)[nH]c(=O)c21.Cn1cnc2[nH]c(=O)[nH]c(=O)c21.Cn1cnc2c1c(=O)[nH]c(=O)n2C. The lowest BCUT2D eigenvalue weighted by Crippen LogP contribution is -2.46. The van der Waals surface area contributed by atoms with Gasteiger partial charge < -0.3 is 33.8 Å². The van der Waals surface area contributed by atoms with Gasteiger partial charge in [-0.3, -0.25) is 57.4 Å². The minimum Gasteiger partial charge on any atom is -0.394 e. The minimum absolute atomic E-state index is 0.154. The van der Waals surface area contributed by atoms with E-state index in [1.807, 2.05) is 0 Å². The maximum Gasteiger partial charge on any atom is 0.384 e. The Morgan fingerprint density at radius 2 is 1.15 bits per heavy atom. The van der Waals surface area contributed by atoms with E-state index >= 15 is 0 Å². The zero-order chi connectivity index (χ0) is 44.1. The number of ether oxygens (including phenoxy) is 1. The number of H-pyrrole nitrogens is 5. The van der Waals surface area contributed by atoms with Crippen LogP contribution in [0.4, 0.5) is 0 Å². The quantitative estimate of drug-likeness (QED) is 0.0751. The van der Waals surface area contributed by atoms with E-state index in [0.29, 0.717) is 33.5 Å². The smallest absolute Gasteiger partial charge is 0.384 e. The van der Waals surface area contributed by atoms with Crippen LogP contribution in [0.3, 0.4) is 0 Å². The average molecular weight is 840 g/mol. The molecule has 4 atom stereocenters. The summed E-state index contributed by atoms with van der Waals surface area (Å²) in [5, 5.41) is 28.9. The average Bonchev–Trinajstić information content (AvgIpc) is 4.01. The summed E-state index contributed by atoms with van der Waals surface area (Å²) in [6, 6.07) is 0. The fourth-order valence-electron chi connectivity index (χ4n) is 6.41. The largest absolute Gasteiger partial charge is 0.394 e. The lowest BCUT2D eigenvalue weighted by atomic mass is 10.1. The molecule has 0 unspecified atom stereocenters. The van der Waals surface area contributed by atoms with Gasteiger partial charge in [-0.05, 0) is 0 Å². The fraction of sp³-hybridized carbons (Fsp3) is 0.375. The summed E-state index contributed by atoms with van der Waals surface area (Å²) in [4.78, 5) is 114. The molecule has 1 aliphatic heterocycles. The molecule has 9 rings (SSSR count). The Labute approximate surface area is 330 Å². The maximum absolute atomic E-state index is 11.8. The number of aliphatic hydroxyl groups is 3. The number of aromatic amines is 5. The minimum atomic E-state index is -1.31. The number of imidazole rings is 4. The number of aromatic nitrogens is 16. The fourth-order valence-corrected chi connectivity index (χ4v) is 6.41. The molecular weight excluding hydrogens is 800 g/mol. The van der Waals surface area contributed by atoms with E-state index in [2.05, 4.69) is 39.9 Å². The molecule has 0 spiro atoms. The van der Waals surface area contributed by atoms with E-state index in [1.54, 1.807) is 56.0 Å². The van der Waals surface area contributed by atoms with Crippen LogP contribution in [0, 0.1) is 0 Å². The Bertz CT molecular complexity index is 3420. The standard InChI is InChI=1S/C11H14N4O6.C8H10N4O2.C7H8N4O2.C6H6N4O2/c1-14-3-15(8-5(14)9(19)13-11(20)12-8)10-7(18)6(17)4(2-16)21-10;1-10-4-9-6-5(10)7(13)12(3)8(14)11(6)2;1-10-3-8-5-4(10)6(12)9-7(13)11(5)2;1-10-2-7-4-3(10)5(11)9-6(12)8-4/h3-4,6-7,10,16-18H,2H2,1H3,(H-,12,13,19,20);4H,1-3H3;3H,1-2H3,(H,9,12,13);2H,1H3,(H2,8,9,11,12)/p+1/t4-,6-,7-,10-;;;/m1.../s1. The number of rotatable bonds is 2. The molecule has 8 aromatic heterocycles. The normalized spacial score (nSPS) is 17.4. The van der Waals surface area contributed by atoms with Crippen LogP contribution in [0.2, 0.25) is 0 Å². The van der Waals surface area contributed by atoms with Crippen molar-refractivity contribution in [2.45, 2.75) is 24.5 Å². The van der Waals surface area contributed by atoms with Gasteiger partial charge in [0.15, 0.2) is 39.8 Å². The van der Waals surface area contributed by atoms with Crippen LogP contribution in [-0.2, 0) is 54.1 Å². The number of aryl methyl sites for hydroxylation is 6. The molecule has 8 aromatic rings. The first kappa shape index (κ1) is 42.1. The Kier molecular flexibility index (Phi) is 11.2. The van der Waals surface area contributed by atoms with Crippen LogP contribution in [0.25, 0.3) is 44.7 Å². The molecule has 0 aromatic carbocycles. The lowest BCUT2D eigenvalue weighted by molar-refractivity contribution is -0.746. The van der Waals surface area contributed by atoms with Crippen molar-refractivity contribution in [2.75, 3.05) is 6.61 Å². The second kappa shape index (κ2) is 16.0. The highest BCUT2D eigenvalue weighted by molar-refractivity contribution is 5.70. The van der Waals surface area contributed by atoms with Crippen molar-refractivity contribution < 1.29 is 24.6 Å². The first-order chi connectivity index (χ1) is 28.3. The third kappa shape index (κ3) is 7.36. The Balaban J connectivity index is 0.000000138. The molecule has 0 radical (unpaired) electrons. The monoisotopic (exact) mass is 839 g/mol. The summed E-state index contributed by atoms with van der Waals surface area (Å²) < 4.78 is 16.7. The van der Waals surface area contributed by atoms with Gasteiger partial charge in [0.2, 0.25) is 11.7 Å². The van der Waals surface area contributed by atoms with Gasteiger partial charge in [0, 0.05) is 42.3 Å². The summed E-state index contributed by atoms with van der Waals surface area (Å²) in [7, 11) is 11.3. The van der Waals surface area contributed by atoms with Gasteiger partial charge >= 0.3 is 22.8 Å². The van der Waals surface area contributed by atoms with Crippen molar-refractivity contribution in [1.29, 1.82) is 0 Å². The Morgan fingerprint density at radius 3 is 1.77 bits per heavy atom. The molecular formula is C32H39N16O12+. The highest BCUT2D eigenvalue weighted by Crippen LogP contribution is 2.26. The van der Waals surface area contributed by atoms with E-state index in [4.69, 9.17) is 9.84 Å². The van der Waals surface area contributed by atoms with Crippen molar-refractivity contribution >= 4 is 44.7 Å². The van der Waals surface area contributed by atoms with E-state index in [0.717, 1.165) is 4.57 Å². The lowest BCUT2D eigenvalue weighted by Gasteiger charge is -2.12. The van der Waals surface area contributed by atoms with Crippen molar-refractivity contribution in [1.82, 2.24) is 71.8 Å². The van der Waals surface area contributed by atoms with Crippen LogP contribution in [-0.4, -0.2) is 112 Å². The molecule has 8 N–H and O–H groups in total. The van der Waals surface area contributed by atoms with Crippen LogP contribution in [0.5, 0.6) is 0 Å². The third-order valence-electron chi connectivity index (χ3n) is 9.50. The van der Waals surface area contributed by atoms with E-state index < -0.39 is 64.9 Å². The second-order valence-corrected chi connectivity index (χ2v) is 13.5. The summed E-state index contributed by atoms with van der Waals surface area (Å²) in [6.07, 6.45) is 1.40. The molecule has 28 nitrogen and oxygen atoms in total. The topological polar surface area (TPSA) is 362 Å². The molecule has 318 valence electrons. The van der Waals surface area contributed by atoms with Crippen LogP contribution in [0.15, 0.2) is 63.7 Å². The van der Waals surface area contributed by atoms with E-state index in [-0.39, 0.29) is 22.4 Å². The van der Waals surface area contributed by atoms with Gasteiger partial charge in [0.25, 0.3) is 27.9 Å². The number of fused-ring (bicyclic) bond motifs is 4. The van der Waals surface area contributed by atoms with Crippen molar-refractivity contribution in [3.05, 3.63) is 109 Å². The van der Waals surface area contributed by atoms with Crippen LogP contribution < -0.4 is 49.6 Å². The molecule has 0 bridgehead atoms. The van der Waals surface area contributed by atoms with Crippen molar-refractivity contribution in [2.24, 2.45) is 49.3 Å². The zero-order valence-electron chi connectivity index (χ0n) is 32.8. The predicted molar refractivity (Wildman–Crippen MR) is 207 cm³/mol. The molecule has 0 aliphatic carbocycles. The van der Waals surface area contributed by atoms with Crippen molar-refractivity contribution in [3.63, 3.8) is 0 Å². The van der Waals surface area contributed by atoms with E-state index in [1.165, 1.54) is 50.6 Å². The highest BCUT2D eigenvalue weighted by Gasteiger charge is 2.46. The second-order valence-electron chi connectivity index (χ2n) is 13.5. The summed E-state index contributed by atoms with van der Waals surface area (Å²) in [5.74, 6) is 0. The highest BCUT2D eigenvalue weighted by atomic mass is 16.6. The molecule has 1 saturated heterocycles. The summed E-state index contributed by atoms with van der Waals surface area (Å²) in [5.41, 5.74) is -1.08. The van der Waals surface area contributed by atoms with Gasteiger partial charge in [0.05, 0.1) is 32.6 Å². The molecule has 60 heavy (non-hydrogen) atoms. The molecule has 28 heteroatoms. The number of hydrogen-bond acceptors (Lipinski definition) is 15. The molecule has 0 saturated carbocycles. The molecule has 9 heterocycles. The Morgan fingerprint density at radius 1 is 0.617 bits per heavy atom. The van der Waals surface area contributed by atoms with Gasteiger partial charge in [-0.1, -0.05) is 0 Å². The van der Waals surface area contributed by atoms with Crippen LogP contribution >= 0.6 is 0 Å². The van der Waals surface area contributed by atoms with Gasteiger partial charge in [-0.15, -0.1) is 0 Å². The number of nitrogens with one attached hydrogen (secondary N) is 5. The molecule has 1 aliphatic rings.